The van der Waals surface area contributed by atoms with Crippen LogP contribution in [0.5, 0.6) is 0 Å². The largest absolute Gasteiger partial charge is 0.468 e. The molecule has 0 saturated heterocycles. The van der Waals surface area contributed by atoms with Crippen LogP contribution in [0.15, 0.2) is 23.9 Å². The average Bonchev–Trinajstić information content (AvgIpc) is 2.27. The Morgan fingerprint density at radius 3 is 2.50 bits per heavy atom. The summed E-state index contributed by atoms with van der Waals surface area (Å²) in [5.41, 5.74) is 3.70. The molecule has 0 bridgehead atoms. The van der Waals surface area contributed by atoms with E-state index in [-0.39, 0.29) is 5.70 Å². The van der Waals surface area contributed by atoms with Crippen LogP contribution >= 0.6 is 0 Å². The molecule has 6 nitrogen and oxygen atoms in total. The summed E-state index contributed by atoms with van der Waals surface area (Å²) in [7, 11) is 2.37. The smallest absolute Gasteiger partial charge is 0.346 e. The van der Waals surface area contributed by atoms with E-state index in [1.807, 2.05) is 0 Å². The van der Waals surface area contributed by atoms with Crippen LogP contribution in [0.25, 0.3) is 0 Å². The lowest BCUT2D eigenvalue weighted by molar-refractivity contribution is -0.154. The predicted octanol–water partition coefficient (Wildman–Crippen LogP) is -0.908. The highest BCUT2D eigenvalue weighted by Gasteiger charge is 2.37. The van der Waals surface area contributed by atoms with Gasteiger partial charge in [0, 0.05) is 5.70 Å². The molecule has 1 aliphatic rings. The van der Waals surface area contributed by atoms with Crippen molar-refractivity contribution >= 4 is 11.9 Å². The summed E-state index contributed by atoms with van der Waals surface area (Å²) < 4.78 is 8.91. The minimum absolute atomic E-state index is 0.0438. The summed E-state index contributed by atoms with van der Waals surface area (Å²) in [5, 5.41) is 9.81. The standard InChI is InChI=1S/C10H13NO5/c1-15-8(12)6-3-4-10(14,5-7(6)11)9(13)16-2/h3-6,14H,11H2,1-2H3. The predicted molar refractivity (Wildman–Crippen MR) is 53.9 cm³/mol. The molecule has 3 N–H and O–H groups in total. The van der Waals surface area contributed by atoms with Crippen LogP contribution in [0.2, 0.25) is 0 Å². The SMILES string of the molecule is COC(=O)C1C=CC(O)(C(=O)OC)C=C1N. The van der Waals surface area contributed by atoms with Gasteiger partial charge < -0.3 is 20.3 Å². The number of carbonyl (C=O) groups excluding carboxylic acids is 2. The lowest BCUT2D eigenvalue weighted by atomic mass is 9.90. The van der Waals surface area contributed by atoms with E-state index < -0.39 is 23.5 Å². The Hall–Kier alpha value is -1.82. The molecule has 0 spiro atoms. The van der Waals surface area contributed by atoms with Crippen molar-refractivity contribution in [2.75, 3.05) is 14.2 Å². The highest BCUT2D eigenvalue weighted by atomic mass is 16.5. The van der Waals surface area contributed by atoms with E-state index in [0.717, 1.165) is 19.3 Å². The van der Waals surface area contributed by atoms with Gasteiger partial charge in [0.25, 0.3) is 0 Å². The summed E-state index contributed by atoms with van der Waals surface area (Å²) in [6.45, 7) is 0. The number of ether oxygens (including phenoxy) is 2. The Labute approximate surface area is 92.3 Å². The van der Waals surface area contributed by atoms with Crippen molar-refractivity contribution in [3.8, 4) is 0 Å². The molecule has 0 saturated carbocycles. The van der Waals surface area contributed by atoms with E-state index >= 15 is 0 Å². The molecular formula is C10H13NO5. The van der Waals surface area contributed by atoms with Crippen LogP contribution in [0.3, 0.4) is 0 Å². The number of carbonyl (C=O) groups is 2. The van der Waals surface area contributed by atoms with Gasteiger partial charge in [0.2, 0.25) is 5.60 Å². The molecule has 0 aromatic carbocycles. The highest BCUT2D eigenvalue weighted by Crippen LogP contribution is 2.24. The van der Waals surface area contributed by atoms with Crippen molar-refractivity contribution in [2.24, 2.45) is 11.7 Å². The van der Waals surface area contributed by atoms with Gasteiger partial charge in [0.1, 0.15) is 5.92 Å². The summed E-state index contributed by atoms with van der Waals surface area (Å²) in [6.07, 6.45) is 3.52. The fourth-order valence-corrected chi connectivity index (χ4v) is 1.38. The van der Waals surface area contributed by atoms with Gasteiger partial charge in [0.05, 0.1) is 14.2 Å². The number of hydrogen-bond donors (Lipinski definition) is 2. The molecule has 6 heteroatoms. The first-order chi connectivity index (χ1) is 7.44. The van der Waals surface area contributed by atoms with Crippen LogP contribution in [-0.2, 0) is 19.1 Å². The molecule has 0 fully saturated rings. The lowest BCUT2D eigenvalue weighted by Crippen LogP contribution is -2.40. The molecule has 0 heterocycles. The fraction of sp³-hybridized carbons (Fsp3) is 0.400. The van der Waals surface area contributed by atoms with Crippen LogP contribution in [0.1, 0.15) is 0 Å². The zero-order chi connectivity index (χ0) is 12.3. The fourth-order valence-electron chi connectivity index (χ4n) is 1.38. The first-order valence-corrected chi connectivity index (χ1v) is 4.51. The number of methoxy groups -OCH3 is 2. The number of aliphatic hydroxyl groups is 1. The van der Waals surface area contributed by atoms with E-state index in [2.05, 4.69) is 9.47 Å². The Bertz CT molecular complexity index is 373. The van der Waals surface area contributed by atoms with Crippen LogP contribution in [0.4, 0.5) is 0 Å². The molecule has 0 aromatic heterocycles. The maximum Gasteiger partial charge on any atom is 0.346 e. The first kappa shape index (κ1) is 12.3. The average molecular weight is 227 g/mol. The second kappa shape index (κ2) is 4.36. The van der Waals surface area contributed by atoms with Crippen molar-refractivity contribution in [1.82, 2.24) is 0 Å². The minimum Gasteiger partial charge on any atom is -0.468 e. The zero-order valence-electron chi connectivity index (χ0n) is 8.97. The van der Waals surface area contributed by atoms with E-state index in [1.165, 1.54) is 13.2 Å². The maximum absolute atomic E-state index is 11.2. The van der Waals surface area contributed by atoms with Crippen molar-refractivity contribution in [3.05, 3.63) is 23.9 Å². The molecule has 16 heavy (non-hydrogen) atoms. The van der Waals surface area contributed by atoms with Crippen molar-refractivity contribution in [1.29, 1.82) is 0 Å². The number of esters is 2. The van der Waals surface area contributed by atoms with Crippen molar-refractivity contribution in [3.63, 3.8) is 0 Å². The van der Waals surface area contributed by atoms with Gasteiger partial charge in [-0.2, -0.15) is 0 Å². The van der Waals surface area contributed by atoms with Gasteiger partial charge in [-0.15, -0.1) is 0 Å². The Balaban J connectivity index is 2.97. The molecule has 2 unspecified atom stereocenters. The van der Waals surface area contributed by atoms with E-state index in [9.17, 15) is 14.7 Å². The molecule has 0 aliphatic heterocycles. The van der Waals surface area contributed by atoms with Gasteiger partial charge in [-0.3, -0.25) is 4.79 Å². The van der Waals surface area contributed by atoms with Crippen molar-refractivity contribution in [2.45, 2.75) is 5.60 Å². The first-order valence-electron chi connectivity index (χ1n) is 4.51. The monoisotopic (exact) mass is 227 g/mol. The van der Waals surface area contributed by atoms with E-state index in [0.29, 0.717) is 0 Å². The third kappa shape index (κ3) is 2.06. The zero-order valence-corrected chi connectivity index (χ0v) is 8.97. The van der Waals surface area contributed by atoms with Gasteiger partial charge in [-0.1, -0.05) is 6.08 Å². The second-order valence-electron chi connectivity index (χ2n) is 3.32. The lowest BCUT2D eigenvalue weighted by Gasteiger charge is -2.24. The van der Waals surface area contributed by atoms with E-state index in [4.69, 9.17) is 5.73 Å². The van der Waals surface area contributed by atoms with Gasteiger partial charge in [-0.25, -0.2) is 4.79 Å². The number of nitrogens with two attached hydrogens (primary N) is 1. The molecular weight excluding hydrogens is 214 g/mol. The second-order valence-corrected chi connectivity index (χ2v) is 3.32. The molecule has 88 valence electrons. The topological polar surface area (TPSA) is 98.8 Å². The van der Waals surface area contributed by atoms with Gasteiger partial charge >= 0.3 is 11.9 Å². The van der Waals surface area contributed by atoms with Crippen LogP contribution in [-0.4, -0.2) is 36.9 Å². The van der Waals surface area contributed by atoms with Crippen molar-refractivity contribution < 1.29 is 24.2 Å². The molecule has 0 amide bonds. The third-order valence-corrected chi connectivity index (χ3v) is 2.26. The quantitative estimate of drug-likeness (QED) is 0.468. The van der Waals surface area contributed by atoms with Crippen LogP contribution < -0.4 is 5.73 Å². The molecule has 0 aromatic rings. The molecule has 0 radical (unpaired) electrons. The number of rotatable bonds is 2. The van der Waals surface area contributed by atoms with Gasteiger partial charge in [-0.05, 0) is 12.2 Å². The molecule has 2 atom stereocenters. The Morgan fingerprint density at radius 2 is 2.06 bits per heavy atom. The van der Waals surface area contributed by atoms with E-state index in [1.54, 1.807) is 0 Å². The summed E-state index contributed by atoms with van der Waals surface area (Å²) in [4.78, 5) is 22.5. The normalized spacial score (nSPS) is 28.2. The summed E-state index contributed by atoms with van der Waals surface area (Å²) in [6, 6.07) is 0. The molecule has 1 rings (SSSR count). The molecule has 1 aliphatic carbocycles. The Kier molecular flexibility index (Phi) is 3.34. The third-order valence-electron chi connectivity index (χ3n) is 2.26. The highest BCUT2D eigenvalue weighted by molar-refractivity contribution is 5.87. The van der Waals surface area contributed by atoms with Gasteiger partial charge in [0.15, 0.2) is 0 Å². The number of hydrogen-bond acceptors (Lipinski definition) is 6. The Morgan fingerprint density at radius 1 is 1.44 bits per heavy atom. The van der Waals surface area contributed by atoms with Crippen LogP contribution in [0, 0.1) is 5.92 Å². The maximum atomic E-state index is 11.2. The summed E-state index contributed by atoms with van der Waals surface area (Å²) >= 11 is 0. The minimum atomic E-state index is -1.91. The summed E-state index contributed by atoms with van der Waals surface area (Å²) in [5.74, 6) is -2.21.